The van der Waals surface area contributed by atoms with Gasteiger partial charge in [0.1, 0.15) is 0 Å². The predicted molar refractivity (Wildman–Crippen MR) is 65.8 cm³/mol. The summed E-state index contributed by atoms with van der Waals surface area (Å²) in [5, 5.41) is 15.0. The van der Waals surface area contributed by atoms with E-state index in [4.69, 9.17) is 0 Å². The smallest absolute Gasteiger partial charge is 0.545 e. The summed E-state index contributed by atoms with van der Waals surface area (Å²) in [6, 6.07) is 17.1. The molecule has 0 atom stereocenters. The molecule has 0 spiro atoms. The fraction of sp³-hybridized carbons (Fsp3) is 0. The Hall–Kier alpha value is -1.35. The molecule has 0 heterocycles. The Morgan fingerprint density at radius 3 is 1.94 bits per heavy atom. The molecule has 3 rings (SSSR count). The molecule has 0 saturated heterocycles. The maximum atomic E-state index is 10.8. The van der Waals surface area contributed by atoms with Gasteiger partial charge < -0.3 is 9.90 Å². The monoisotopic (exact) mass is 244 g/mol. The Labute approximate surface area is 127 Å². The van der Waals surface area contributed by atoms with Crippen LogP contribution in [0.15, 0.2) is 54.6 Å². The summed E-state index contributed by atoms with van der Waals surface area (Å²) in [6.07, 6.45) is 0. The topological polar surface area (TPSA) is 40.1 Å². The molecule has 0 unspecified atom stereocenters. The molecule has 0 aliphatic carbocycles. The van der Waals surface area contributed by atoms with Gasteiger partial charge in [-0.15, -0.1) is 0 Å². The van der Waals surface area contributed by atoms with Crippen LogP contribution in [0.2, 0.25) is 0 Å². The molecule has 0 fully saturated rings. The summed E-state index contributed by atoms with van der Waals surface area (Å²) < 4.78 is 0. The number of carboxylic acids is 1. The number of rotatable bonds is 1. The number of benzene rings is 3. The van der Waals surface area contributed by atoms with E-state index in [1.54, 1.807) is 12.1 Å². The van der Waals surface area contributed by atoms with Crippen LogP contribution in [-0.4, -0.2) is 5.97 Å². The molecular formula is C15H9NaO2. The quantitative estimate of drug-likeness (QED) is 0.422. The van der Waals surface area contributed by atoms with Crippen molar-refractivity contribution in [2.45, 2.75) is 0 Å². The van der Waals surface area contributed by atoms with E-state index in [0.717, 1.165) is 21.5 Å². The van der Waals surface area contributed by atoms with E-state index in [1.807, 2.05) is 36.4 Å². The molecule has 82 valence electrons. The van der Waals surface area contributed by atoms with Gasteiger partial charge in [0, 0.05) is 0 Å². The first-order chi connectivity index (χ1) is 8.24. The fourth-order valence-electron chi connectivity index (χ4n) is 2.07. The summed E-state index contributed by atoms with van der Waals surface area (Å²) in [7, 11) is 0. The maximum Gasteiger partial charge on any atom is 1.00 e. The molecule has 0 saturated carbocycles. The van der Waals surface area contributed by atoms with Crippen molar-refractivity contribution < 1.29 is 39.5 Å². The zero-order chi connectivity index (χ0) is 11.8. The second kappa shape index (κ2) is 5.11. The van der Waals surface area contributed by atoms with Gasteiger partial charge in [-0.3, -0.25) is 0 Å². The van der Waals surface area contributed by atoms with Gasteiger partial charge >= 0.3 is 29.6 Å². The molecule has 3 aromatic rings. The van der Waals surface area contributed by atoms with Crippen molar-refractivity contribution in [2.75, 3.05) is 0 Å². The van der Waals surface area contributed by atoms with Crippen molar-refractivity contribution in [3.8, 4) is 0 Å². The standard InChI is InChI=1S/C15H10O2.Na/c16-15(17)13-6-5-12-7-10-3-1-2-4-11(10)8-14(12)9-13;/h1-9H,(H,16,17);/q;+1/p-1. The minimum absolute atomic E-state index is 0. The van der Waals surface area contributed by atoms with Crippen molar-refractivity contribution in [1.82, 2.24) is 0 Å². The molecule has 2 nitrogen and oxygen atoms in total. The zero-order valence-corrected chi connectivity index (χ0v) is 12.0. The minimum atomic E-state index is -1.14. The third-order valence-corrected chi connectivity index (χ3v) is 2.94. The van der Waals surface area contributed by atoms with Crippen LogP contribution in [-0.2, 0) is 0 Å². The Morgan fingerprint density at radius 2 is 1.33 bits per heavy atom. The third kappa shape index (κ3) is 2.27. The van der Waals surface area contributed by atoms with E-state index in [1.165, 1.54) is 0 Å². The van der Waals surface area contributed by atoms with Gasteiger partial charge in [0.2, 0.25) is 0 Å². The Balaban J connectivity index is 0.00000120. The van der Waals surface area contributed by atoms with Gasteiger partial charge in [-0.25, -0.2) is 0 Å². The van der Waals surface area contributed by atoms with Gasteiger partial charge in [0.05, 0.1) is 5.97 Å². The molecule has 0 bridgehead atoms. The van der Waals surface area contributed by atoms with Crippen molar-refractivity contribution >= 4 is 27.5 Å². The van der Waals surface area contributed by atoms with Gasteiger partial charge in [-0.05, 0) is 45.3 Å². The van der Waals surface area contributed by atoms with Crippen LogP contribution in [0.1, 0.15) is 10.4 Å². The molecule has 0 aliphatic heterocycles. The molecule has 3 aromatic carbocycles. The van der Waals surface area contributed by atoms with Crippen LogP contribution < -0.4 is 34.7 Å². The Kier molecular flexibility index (Phi) is 3.71. The van der Waals surface area contributed by atoms with E-state index in [9.17, 15) is 9.90 Å². The second-order valence-corrected chi connectivity index (χ2v) is 4.05. The molecule has 0 radical (unpaired) electrons. The summed E-state index contributed by atoms with van der Waals surface area (Å²) in [5.74, 6) is -1.14. The normalized spacial score (nSPS) is 10.2. The van der Waals surface area contributed by atoms with Crippen molar-refractivity contribution in [2.24, 2.45) is 0 Å². The van der Waals surface area contributed by atoms with Gasteiger partial charge in [-0.2, -0.15) is 0 Å². The average molecular weight is 244 g/mol. The van der Waals surface area contributed by atoms with E-state index in [2.05, 4.69) is 6.07 Å². The first kappa shape index (κ1) is 13.1. The van der Waals surface area contributed by atoms with Crippen LogP contribution >= 0.6 is 0 Å². The van der Waals surface area contributed by atoms with Crippen LogP contribution in [0.3, 0.4) is 0 Å². The van der Waals surface area contributed by atoms with Crippen LogP contribution in [0, 0.1) is 0 Å². The number of fused-ring (bicyclic) bond motifs is 2. The second-order valence-electron chi connectivity index (χ2n) is 4.05. The van der Waals surface area contributed by atoms with Crippen LogP contribution in [0.4, 0.5) is 0 Å². The predicted octanol–water partition coefficient (Wildman–Crippen LogP) is -0.640. The minimum Gasteiger partial charge on any atom is -0.545 e. The molecule has 0 aromatic heterocycles. The van der Waals surface area contributed by atoms with E-state index < -0.39 is 5.97 Å². The number of hydrogen-bond donors (Lipinski definition) is 0. The maximum absolute atomic E-state index is 10.8. The van der Waals surface area contributed by atoms with Gasteiger partial charge in [-0.1, -0.05) is 36.4 Å². The molecule has 18 heavy (non-hydrogen) atoms. The van der Waals surface area contributed by atoms with E-state index in [0.29, 0.717) is 0 Å². The summed E-state index contributed by atoms with van der Waals surface area (Å²) in [5.41, 5.74) is 0.216. The average Bonchev–Trinajstić information content (AvgIpc) is 2.35. The number of carbonyl (C=O) groups is 1. The van der Waals surface area contributed by atoms with E-state index >= 15 is 0 Å². The van der Waals surface area contributed by atoms with E-state index in [-0.39, 0.29) is 35.1 Å². The number of hydrogen-bond acceptors (Lipinski definition) is 2. The molecular weight excluding hydrogens is 235 g/mol. The first-order valence-electron chi connectivity index (χ1n) is 5.38. The van der Waals surface area contributed by atoms with Crippen molar-refractivity contribution in [3.63, 3.8) is 0 Å². The van der Waals surface area contributed by atoms with Gasteiger partial charge in [0.15, 0.2) is 0 Å². The van der Waals surface area contributed by atoms with Crippen molar-refractivity contribution in [3.05, 3.63) is 60.2 Å². The third-order valence-electron chi connectivity index (χ3n) is 2.94. The molecule has 0 aliphatic rings. The summed E-state index contributed by atoms with van der Waals surface area (Å²) in [6.45, 7) is 0. The Bertz CT molecular complexity index is 735. The summed E-state index contributed by atoms with van der Waals surface area (Å²) in [4.78, 5) is 10.8. The zero-order valence-electron chi connectivity index (χ0n) is 10.0. The molecule has 0 N–H and O–H groups in total. The van der Waals surface area contributed by atoms with Crippen molar-refractivity contribution in [1.29, 1.82) is 0 Å². The number of aromatic carboxylic acids is 1. The number of carbonyl (C=O) groups excluding carboxylic acids is 1. The largest absolute Gasteiger partial charge is 1.00 e. The van der Waals surface area contributed by atoms with Gasteiger partial charge in [0.25, 0.3) is 0 Å². The summed E-state index contributed by atoms with van der Waals surface area (Å²) >= 11 is 0. The number of carboxylic acid groups (broad SMARTS) is 1. The van der Waals surface area contributed by atoms with Crippen LogP contribution in [0.5, 0.6) is 0 Å². The van der Waals surface area contributed by atoms with Crippen LogP contribution in [0.25, 0.3) is 21.5 Å². The Morgan fingerprint density at radius 1 is 0.778 bits per heavy atom. The SMILES string of the molecule is O=C([O-])c1ccc2cc3ccccc3cc2c1.[Na+]. The first-order valence-corrected chi connectivity index (χ1v) is 5.38. The molecule has 3 heteroatoms. The fourth-order valence-corrected chi connectivity index (χ4v) is 2.07. The molecule has 0 amide bonds.